The molecule has 0 saturated heterocycles. The van der Waals surface area contributed by atoms with Gasteiger partial charge in [-0.25, -0.2) is 9.79 Å². The fraction of sp³-hybridized carbons (Fsp3) is 0.345. The van der Waals surface area contributed by atoms with Gasteiger partial charge in [0.05, 0.1) is 51.7 Å². The first kappa shape index (κ1) is 28.9. The van der Waals surface area contributed by atoms with Crippen LogP contribution in [0.4, 0.5) is 0 Å². The van der Waals surface area contributed by atoms with Crippen molar-refractivity contribution in [3.05, 3.63) is 88.5 Å². The van der Waals surface area contributed by atoms with Crippen LogP contribution in [0.25, 0.3) is 6.08 Å². The highest BCUT2D eigenvalue weighted by molar-refractivity contribution is 7.07. The highest BCUT2D eigenvalue weighted by atomic mass is 35.5. The van der Waals surface area contributed by atoms with Crippen LogP contribution in [0.5, 0.6) is 11.5 Å². The summed E-state index contributed by atoms with van der Waals surface area (Å²) in [6.07, 6.45) is 3.30. The number of carbonyl (C=O) groups is 1. The molecule has 2 heterocycles. The van der Waals surface area contributed by atoms with Gasteiger partial charge in [-0.1, -0.05) is 60.0 Å². The number of unbranched alkanes of at least 4 members (excludes halogenated alkanes) is 1. The van der Waals surface area contributed by atoms with Gasteiger partial charge in [-0.15, -0.1) is 0 Å². The molecule has 0 bridgehead atoms. The van der Waals surface area contributed by atoms with Crippen LogP contribution in [0.15, 0.2) is 57.5 Å². The number of benzene rings is 2. The van der Waals surface area contributed by atoms with Crippen LogP contribution < -0.4 is 24.4 Å². The molecule has 206 valence electrons. The van der Waals surface area contributed by atoms with Gasteiger partial charge in [0.1, 0.15) is 0 Å². The van der Waals surface area contributed by atoms with Gasteiger partial charge in [0.2, 0.25) is 0 Å². The average molecular weight is 590 g/mol. The number of rotatable bonds is 9. The van der Waals surface area contributed by atoms with Gasteiger partial charge >= 0.3 is 5.97 Å². The number of methoxy groups -OCH3 is 1. The van der Waals surface area contributed by atoms with Gasteiger partial charge in [-0.3, -0.25) is 9.36 Å². The van der Waals surface area contributed by atoms with Crippen LogP contribution in [0.3, 0.4) is 0 Å². The lowest BCUT2D eigenvalue weighted by atomic mass is 9.95. The van der Waals surface area contributed by atoms with Crippen LogP contribution in [0.1, 0.15) is 57.7 Å². The molecular formula is C29H30Cl2N2O5S. The number of allylic oxidation sites excluding steroid dienone is 1. The lowest BCUT2D eigenvalue weighted by molar-refractivity contribution is -0.143. The Morgan fingerprint density at radius 2 is 1.92 bits per heavy atom. The van der Waals surface area contributed by atoms with E-state index in [0.717, 1.165) is 18.4 Å². The number of aromatic nitrogens is 1. The van der Waals surface area contributed by atoms with Crippen LogP contribution in [0, 0.1) is 0 Å². The third-order valence-corrected chi connectivity index (χ3v) is 7.81. The molecule has 1 aliphatic rings. The number of nitrogens with zero attached hydrogens (tertiary/aromatic N) is 2. The Labute approximate surface area is 241 Å². The number of hydrogen-bond acceptors (Lipinski definition) is 7. The molecule has 0 radical (unpaired) electrons. The normalized spacial score (nSPS) is 15.3. The van der Waals surface area contributed by atoms with E-state index in [1.54, 1.807) is 64.3 Å². The second kappa shape index (κ2) is 12.4. The smallest absolute Gasteiger partial charge is 0.338 e. The molecular weight excluding hydrogens is 559 g/mol. The summed E-state index contributed by atoms with van der Waals surface area (Å²) < 4.78 is 19.1. The maximum atomic E-state index is 13.8. The van der Waals surface area contributed by atoms with Gasteiger partial charge in [0.15, 0.2) is 16.3 Å². The molecule has 1 aliphatic heterocycles. The Balaban J connectivity index is 1.90. The quantitative estimate of drug-likeness (QED) is 0.237. The van der Waals surface area contributed by atoms with Crippen molar-refractivity contribution in [1.29, 1.82) is 0 Å². The monoisotopic (exact) mass is 588 g/mol. The summed E-state index contributed by atoms with van der Waals surface area (Å²) in [6, 6.07) is 9.81. The second-order valence-electron chi connectivity index (χ2n) is 9.32. The first-order valence-electron chi connectivity index (χ1n) is 12.6. The van der Waals surface area contributed by atoms with Crippen LogP contribution in [0.2, 0.25) is 10.0 Å². The van der Waals surface area contributed by atoms with Crippen molar-refractivity contribution in [2.75, 3.05) is 13.7 Å². The molecule has 4 rings (SSSR count). The predicted molar refractivity (Wildman–Crippen MR) is 155 cm³/mol. The largest absolute Gasteiger partial charge is 0.493 e. The molecule has 2 aromatic carbocycles. The Hall–Kier alpha value is -3.07. The summed E-state index contributed by atoms with van der Waals surface area (Å²) in [4.78, 5) is 32.3. The Morgan fingerprint density at radius 1 is 1.15 bits per heavy atom. The zero-order valence-corrected chi connectivity index (χ0v) is 24.7. The van der Waals surface area contributed by atoms with Crippen molar-refractivity contribution < 1.29 is 19.0 Å². The minimum atomic E-state index is -0.776. The fourth-order valence-electron chi connectivity index (χ4n) is 4.23. The van der Waals surface area contributed by atoms with Gasteiger partial charge in [0, 0.05) is 0 Å². The predicted octanol–water partition coefficient (Wildman–Crippen LogP) is 5.68. The highest BCUT2D eigenvalue weighted by Crippen LogP contribution is 2.36. The minimum Gasteiger partial charge on any atom is -0.493 e. The third-order valence-electron chi connectivity index (χ3n) is 6.08. The molecule has 1 atom stereocenters. The first-order valence-corrected chi connectivity index (χ1v) is 14.2. The lowest BCUT2D eigenvalue weighted by Gasteiger charge is -2.26. The van der Waals surface area contributed by atoms with E-state index in [2.05, 4.69) is 11.9 Å². The Bertz CT molecular complexity index is 1610. The standard InChI is InChI=1S/C29H30Cl2N2O5S/c1-6-7-12-37-22-11-9-19(15-23(22)36-5)26-25(28(35)38-16(2)3)17(4)32-29-33(26)27(34)24(39-29)14-18-8-10-20(30)21(31)13-18/h8-11,13-16,26H,6-7,12H2,1-5H3/b24-14-. The Kier molecular flexibility index (Phi) is 9.20. The fourth-order valence-corrected chi connectivity index (χ4v) is 5.58. The summed E-state index contributed by atoms with van der Waals surface area (Å²) in [7, 11) is 1.56. The molecule has 0 fully saturated rings. The second-order valence-corrected chi connectivity index (χ2v) is 11.1. The van der Waals surface area contributed by atoms with Crippen molar-refractivity contribution in [3.63, 3.8) is 0 Å². The molecule has 0 amide bonds. The van der Waals surface area contributed by atoms with Crippen LogP contribution >= 0.6 is 34.5 Å². The van der Waals surface area contributed by atoms with Crippen molar-refractivity contribution in [1.82, 2.24) is 4.57 Å². The number of hydrogen-bond donors (Lipinski definition) is 0. The van der Waals surface area contributed by atoms with E-state index in [0.29, 0.717) is 54.3 Å². The number of ether oxygens (including phenoxy) is 3. The van der Waals surface area contributed by atoms with Crippen molar-refractivity contribution in [2.24, 2.45) is 4.99 Å². The third kappa shape index (κ3) is 6.24. The van der Waals surface area contributed by atoms with Gasteiger partial charge in [-0.2, -0.15) is 0 Å². The zero-order valence-electron chi connectivity index (χ0n) is 22.4. The summed E-state index contributed by atoms with van der Waals surface area (Å²) in [5.74, 6) is 0.568. The SMILES string of the molecule is CCCCOc1ccc(C2C(C(=O)OC(C)C)=C(C)N=c3s/c(=C\c4ccc(Cl)c(Cl)c4)c(=O)n32)cc1OC. The number of esters is 1. The highest BCUT2D eigenvalue weighted by Gasteiger charge is 2.34. The molecule has 7 nitrogen and oxygen atoms in total. The van der Waals surface area contributed by atoms with Gasteiger partial charge < -0.3 is 14.2 Å². The number of thiazole rings is 1. The molecule has 0 spiro atoms. The molecule has 39 heavy (non-hydrogen) atoms. The van der Waals surface area contributed by atoms with E-state index in [1.165, 1.54) is 15.9 Å². The Morgan fingerprint density at radius 3 is 2.59 bits per heavy atom. The van der Waals surface area contributed by atoms with Crippen molar-refractivity contribution in [2.45, 2.75) is 52.7 Å². The topological polar surface area (TPSA) is 79.1 Å². The molecule has 10 heteroatoms. The van der Waals surface area contributed by atoms with Gasteiger partial charge in [0.25, 0.3) is 5.56 Å². The van der Waals surface area contributed by atoms with E-state index < -0.39 is 12.0 Å². The molecule has 0 aliphatic carbocycles. The van der Waals surface area contributed by atoms with E-state index in [-0.39, 0.29) is 11.7 Å². The summed E-state index contributed by atoms with van der Waals surface area (Å²) in [5.41, 5.74) is 1.87. The van der Waals surface area contributed by atoms with E-state index >= 15 is 0 Å². The first-order chi connectivity index (χ1) is 18.6. The van der Waals surface area contributed by atoms with Crippen molar-refractivity contribution >= 4 is 46.6 Å². The lowest BCUT2D eigenvalue weighted by Crippen LogP contribution is -2.40. The summed E-state index contributed by atoms with van der Waals surface area (Å²) in [5, 5.41) is 0.814. The molecule has 3 aromatic rings. The van der Waals surface area contributed by atoms with E-state index in [4.69, 9.17) is 37.4 Å². The molecule has 1 unspecified atom stereocenters. The summed E-state index contributed by atoms with van der Waals surface area (Å²) >= 11 is 13.5. The number of fused-ring (bicyclic) bond motifs is 1. The maximum absolute atomic E-state index is 13.8. The minimum absolute atomic E-state index is 0.291. The molecule has 0 N–H and O–H groups in total. The number of carbonyl (C=O) groups excluding carboxylic acids is 1. The van der Waals surface area contributed by atoms with Crippen LogP contribution in [-0.2, 0) is 9.53 Å². The van der Waals surface area contributed by atoms with Gasteiger partial charge in [-0.05, 0) is 68.7 Å². The van der Waals surface area contributed by atoms with Crippen LogP contribution in [-0.4, -0.2) is 30.4 Å². The van der Waals surface area contributed by atoms with E-state index in [9.17, 15) is 9.59 Å². The average Bonchev–Trinajstić information content (AvgIpc) is 3.19. The molecule has 0 saturated carbocycles. The maximum Gasteiger partial charge on any atom is 0.338 e. The van der Waals surface area contributed by atoms with E-state index in [1.807, 2.05) is 6.07 Å². The molecule has 1 aromatic heterocycles. The van der Waals surface area contributed by atoms with Crippen molar-refractivity contribution in [3.8, 4) is 11.5 Å². The number of halogens is 2. The summed E-state index contributed by atoms with van der Waals surface area (Å²) in [6.45, 7) is 7.95. The zero-order chi connectivity index (χ0) is 28.3.